The standard InChI is InChI=1S/C19H23BrN2O3/c1-3-25-19(23)16-11-21-17-9-4-12(20)10-15(17)18(16)22-13-5-7-14(24-2)8-6-13/h4,9-11,13-14H,3,5-8H2,1-2H3,(H,21,22)/t13-,14-. The molecule has 2 aromatic rings. The summed E-state index contributed by atoms with van der Waals surface area (Å²) < 4.78 is 11.6. The lowest BCUT2D eigenvalue weighted by Crippen LogP contribution is -2.30. The van der Waals surface area contributed by atoms with Crippen LogP contribution in [0.15, 0.2) is 28.9 Å². The summed E-state index contributed by atoms with van der Waals surface area (Å²) in [5.41, 5.74) is 2.15. The zero-order valence-electron chi connectivity index (χ0n) is 14.5. The lowest BCUT2D eigenvalue weighted by atomic mass is 9.92. The first-order valence-electron chi connectivity index (χ1n) is 8.67. The van der Waals surface area contributed by atoms with E-state index in [9.17, 15) is 4.79 Å². The van der Waals surface area contributed by atoms with Crippen LogP contribution in [0.25, 0.3) is 10.9 Å². The van der Waals surface area contributed by atoms with E-state index in [2.05, 4.69) is 26.2 Å². The number of esters is 1. The largest absolute Gasteiger partial charge is 0.462 e. The minimum atomic E-state index is -0.343. The number of halogens is 1. The molecule has 0 atom stereocenters. The summed E-state index contributed by atoms with van der Waals surface area (Å²) in [7, 11) is 1.77. The maximum Gasteiger partial charge on any atom is 0.341 e. The molecule has 5 nitrogen and oxygen atoms in total. The summed E-state index contributed by atoms with van der Waals surface area (Å²) in [4.78, 5) is 16.8. The number of fused-ring (bicyclic) bond motifs is 1. The van der Waals surface area contributed by atoms with Crippen LogP contribution < -0.4 is 5.32 Å². The van der Waals surface area contributed by atoms with Crippen molar-refractivity contribution in [1.29, 1.82) is 0 Å². The molecule has 1 saturated carbocycles. The van der Waals surface area contributed by atoms with Gasteiger partial charge in [-0.15, -0.1) is 0 Å². The van der Waals surface area contributed by atoms with Crippen molar-refractivity contribution in [3.63, 3.8) is 0 Å². The van der Waals surface area contributed by atoms with Gasteiger partial charge in [-0.05, 0) is 50.8 Å². The highest BCUT2D eigenvalue weighted by Crippen LogP contribution is 2.32. The number of ether oxygens (including phenoxy) is 2. The van der Waals surface area contributed by atoms with Crippen LogP contribution in [0, 0.1) is 0 Å². The van der Waals surface area contributed by atoms with Gasteiger partial charge in [0.05, 0.1) is 23.9 Å². The Labute approximate surface area is 156 Å². The fourth-order valence-electron chi connectivity index (χ4n) is 3.33. The number of nitrogens with zero attached hydrogens (tertiary/aromatic N) is 1. The van der Waals surface area contributed by atoms with Crippen molar-refractivity contribution in [1.82, 2.24) is 4.98 Å². The number of hydrogen-bond acceptors (Lipinski definition) is 5. The van der Waals surface area contributed by atoms with Gasteiger partial charge >= 0.3 is 5.97 Å². The number of nitrogens with one attached hydrogen (secondary N) is 1. The molecule has 0 saturated heterocycles. The molecule has 1 aromatic carbocycles. The lowest BCUT2D eigenvalue weighted by molar-refractivity contribution is 0.0526. The fraction of sp³-hybridized carbons (Fsp3) is 0.474. The van der Waals surface area contributed by atoms with Gasteiger partial charge in [0.15, 0.2) is 0 Å². The number of rotatable bonds is 5. The molecule has 1 aliphatic rings. The second kappa shape index (κ2) is 8.15. The molecular formula is C19H23BrN2O3. The van der Waals surface area contributed by atoms with E-state index in [1.807, 2.05) is 25.1 Å². The second-order valence-electron chi connectivity index (χ2n) is 6.28. The van der Waals surface area contributed by atoms with Crippen molar-refractivity contribution in [3.8, 4) is 0 Å². The summed E-state index contributed by atoms with van der Waals surface area (Å²) in [5.74, 6) is -0.343. The fourth-order valence-corrected chi connectivity index (χ4v) is 3.69. The third-order valence-corrected chi connectivity index (χ3v) is 5.17. The normalized spacial score (nSPS) is 20.4. The van der Waals surface area contributed by atoms with Crippen LogP contribution in [0.1, 0.15) is 43.0 Å². The Kier molecular flexibility index (Phi) is 5.91. The third kappa shape index (κ3) is 4.12. The lowest BCUT2D eigenvalue weighted by Gasteiger charge is -2.29. The Morgan fingerprint density at radius 3 is 2.76 bits per heavy atom. The van der Waals surface area contributed by atoms with Crippen LogP contribution in [0.3, 0.4) is 0 Å². The summed E-state index contributed by atoms with van der Waals surface area (Å²) in [6, 6.07) is 6.20. The Morgan fingerprint density at radius 2 is 2.08 bits per heavy atom. The summed E-state index contributed by atoms with van der Waals surface area (Å²) >= 11 is 3.51. The monoisotopic (exact) mass is 406 g/mol. The molecule has 0 unspecified atom stereocenters. The summed E-state index contributed by atoms with van der Waals surface area (Å²) in [6.07, 6.45) is 6.02. The molecular weight excluding hydrogens is 384 g/mol. The molecule has 0 aliphatic heterocycles. The number of carbonyl (C=O) groups excluding carboxylic acids is 1. The van der Waals surface area contributed by atoms with Gasteiger partial charge in [0.2, 0.25) is 0 Å². The smallest absolute Gasteiger partial charge is 0.341 e. The quantitative estimate of drug-likeness (QED) is 0.738. The Morgan fingerprint density at radius 1 is 1.32 bits per heavy atom. The predicted octanol–water partition coefficient (Wildman–Crippen LogP) is 4.54. The molecule has 0 amide bonds. The Bertz CT molecular complexity index is 758. The van der Waals surface area contributed by atoms with Crippen LogP contribution in [-0.2, 0) is 9.47 Å². The SMILES string of the molecule is CCOC(=O)c1cnc2ccc(Br)cc2c1N[C@H]1CC[C@H](OC)CC1. The number of benzene rings is 1. The van der Waals surface area contributed by atoms with Crippen LogP contribution in [0.2, 0.25) is 0 Å². The average Bonchev–Trinajstić information content (AvgIpc) is 2.63. The number of aromatic nitrogens is 1. The molecule has 25 heavy (non-hydrogen) atoms. The molecule has 134 valence electrons. The van der Waals surface area contributed by atoms with Crippen molar-refractivity contribution >= 4 is 38.5 Å². The van der Waals surface area contributed by atoms with E-state index in [0.717, 1.165) is 46.7 Å². The number of pyridine rings is 1. The number of hydrogen-bond donors (Lipinski definition) is 1. The number of carbonyl (C=O) groups is 1. The van der Waals surface area contributed by atoms with E-state index in [4.69, 9.17) is 9.47 Å². The molecule has 3 rings (SSSR count). The Balaban J connectivity index is 1.96. The minimum Gasteiger partial charge on any atom is -0.462 e. The molecule has 1 heterocycles. The van der Waals surface area contributed by atoms with Crippen LogP contribution >= 0.6 is 15.9 Å². The third-order valence-electron chi connectivity index (χ3n) is 4.68. The highest BCUT2D eigenvalue weighted by Gasteiger charge is 2.24. The molecule has 1 aliphatic carbocycles. The van der Waals surface area contributed by atoms with E-state index in [-0.39, 0.29) is 5.97 Å². The number of methoxy groups -OCH3 is 1. The van der Waals surface area contributed by atoms with Gasteiger partial charge < -0.3 is 14.8 Å². The van der Waals surface area contributed by atoms with Gasteiger partial charge in [-0.1, -0.05) is 15.9 Å². The molecule has 0 spiro atoms. The van der Waals surface area contributed by atoms with Crippen molar-refractivity contribution < 1.29 is 14.3 Å². The van der Waals surface area contributed by atoms with Crippen molar-refractivity contribution in [2.75, 3.05) is 19.0 Å². The van der Waals surface area contributed by atoms with Crippen molar-refractivity contribution in [2.45, 2.75) is 44.8 Å². The van der Waals surface area contributed by atoms with E-state index < -0.39 is 0 Å². The van der Waals surface area contributed by atoms with E-state index in [1.54, 1.807) is 13.3 Å². The molecule has 0 bridgehead atoms. The Hall–Kier alpha value is -1.66. The van der Waals surface area contributed by atoms with Crippen molar-refractivity contribution in [2.24, 2.45) is 0 Å². The maximum atomic E-state index is 12.4. The van der Waals surface area contributed by atoms with Crippen LogP contribution in [-0.4, -0.2) is 36.8 Å². The highest BCUT2D eigenvalue weighted by molar-refractivity contribution is 9.10. The first kappa shape index (κ1) is 18.1. The predicted molar refractivity (Wildman–Crippen MR) is 102 cm³/mol. The zero-order chi connectivity index (χ0) is 17.8. The van der Waals surface area contributed by atoms with Gasteiger partial charge in [0.1, 0.15) is 5.56 Å². The average molecular weight is 407 g/mol. The van der Waals surface area contributed by atoms with E-state index in [1.165, 1.54) is 0 Å². The van der Waals surface area contributed by atoms with Crippen molar-refractivity contribution in [3.05, 3.63) is 34.4 Å². The highest BCUT2D eigenvalue weighted by atomic mass is 79.9. The van der Waals surface area contributed by atoms with Gasteiger partial charge in [-0.25, -0.2) is 4.79 Å². The second-order valence-corrected chi connectivity index (χ2v) is 7.20. The van der Waals surface area contributed by atoms with E-state index in [0.29, 0.717) is 24.3 Å². The first-order chi connectivity index (χ1) is 12.1. The summed E-state index contributed by atoms with van der Waals surface area (Å²) in [5, 5.41) is 4.51. The van der Waals surface area contributed by atoms with Gasteiger partial charge in [0.25, 0.3) is 0 Å². The molecule has 1 aromatic heterocycles. The molecule has 6 heteroatoms. The topological polar surface area (TPSA) is 60.5 Å². The van der Waals surface area contributed by atoms with Gasteiger partial charge in [-0.3, -0.25) is 4.98 Å². The van der Waals surface area contributed by atoms with Gasteiger partial charge in [-0.2, -0.15) is 0 Å². The van der Waals surface area contributed by atoms with E-state index >= 15 is 0 Å². The first-order valence-corrected chi connectivity index (χ1v) is 9.46. The number of anilines is 1. The van der Waals surface area contributed by atoms with Crippen LogP contribution in [0.4, 0.5) is 5.69 Å². The van der Waals surface area contributed by atoms with Crippen LogP contribution in [0.5, 0.6) is 0 Å². The molecule has 1 N–H and O–H groups in total. The molecule has 1 fully saturated rings. The summed E-state index contributed by atoms with van der Waals surface area (Å²) in [6.45, 7) is 2.15. The zero-order valence-corrected chi connectivity index (χ0v) is 16.1. The minimum absolute atomic E-state index is 0.309. The van der Waals surface area contributed by atoms with Gasteiger partial charge in [0, 0.05) is 29.2 Å². The maximum absolute atomic E-state index is 12.4. The molecule has 0 radical (unpaired) electrons.